The summed E-state index contributed by atoms with van der Waals surface area (Å²) in [6.45, 7) is 2.91. The van der Waals surface area contributed by atoms with E-state index in [9.17, 15) is 8.78 Å². The third-order valence-electron chi connectivity index (χ3n) is 2.50. The standard InChI is InChI=1S/C14H21F2NO3/c1-10(2)19-7-6-17-9-11-4-5-12(18-3)13(8-11)20-14(15)16/h4-5,8,10,14,17H,6-7,9H2,1-3H3. The largest absolute Gasteiger partial charge is 0.493 e. The van der Waals surface area contributed by atoms with E-state index in [2.05, 4.69) is 10.1 Å². The van der Waals surface area contributed by atoms with Gasteiger partial charge in [0.1, 0.15) is 0 Å². The van der Waals surface area contributed by atoms with Crippen LogP contribution in [0.2, 0.25) is 0 Å². The second-order valence-electron chi connectivity index (χ2n) is 4.46. The van der Waals surface area contributed by atoms with Crippen LogP contribution in [0.15, 0.2) is 18.2 Å². The molecule has 0 spiro atoms. The SMILES string of the molecule is COc1ccc(CNCCOC(C)C)cc1OC(F)F. The van der Waals surface area contributed by atoms with Crippen molar-refractivity contribution in [3.8, 4) is 11.5 Å². The third kappa shape index (κ3) is 6.16. The van der Waals surface area contributed by atoms with Crippen LogP contribution in [0.25, 0.3) is 0 Å². The van der Waals surface area contributed by atoms with Gasteiger partial charge in [0.25, 0.3) is 0 Å². The van der Waals surface area contributed by atoms with Gasteiger partial charge in [-0.1, -0.05) is 6.07 Å². The van der Waals surface area contributed by atoms with Crippen LogP contribution in [-0.2, 0) is 11.3 Å². The molecule has 0 aliphatic heterocycles. The lowest BCUT2D eigenvalue weighted by atomic mass is 10.2. The van der Waals surface area contributed by atoms with Gasteiger partial charge in [0.2, 0.25) is 0 Å². The Morgan fingerprint density at radius 2 is 1.95 bits per heavy atom. The highest BCUT2D eigenvalue weighted by molar-refractivity contribution is 5.42. The zero-order chi connectivity index (χ0) is 15.0. The Bertz CT molecular complexity index is 400. The fourth-order valence-electron chi connectivity index (χ4n) is 1.62. The molecule has 0 saturated heterocycles. The topological polar surface area (TPSA) is 39.7 Å². The van der Waals surface area contributed by atoms with E-state index >= 15 is 0 Å². The number of nitrogens with one attached hydrogen (secondary N) is 1. The van der Waals surface area contributed by atoms with Crippen molar-refractivity contribution >= 4 is 0 Å². The van der Waals surface area contributed by atoms with Gasteiger partial charge in [-0.05, 0) is 31.5 Å². The summed E-state index contributed by atoms with van der Waals surface area (Å²) in [5, 5.41) is 3.17. The van der Waals surface area contributed by atoms with Crippen LogP contribution < -0.4 is 14.8 Å². The van der Waals surface area contributed by atoms with Crippen LogP contribution in [0.5, 0.6) is 11.5 Å². The summed E-state index contributed by atoms with van der Waals surface area (Å²) in [4.78, 5) is 0. The summed E-state index contributed by atoms with van der Waals surface area (Å²) in [5.74, 6) is 0.331. The molecule has 0 heterocycles. The fraction of sp³-hybridized carbons (Fsp3) is 0.571. The van der Waals surface area contributed by atoms with Crippen LogP contribution in [0.3, 0.4) is 0 Å². The van der Waals surface area contributed by atoms with E-state index in [0.29, 0.717) is 19.7 Å². The van der Waals surface area contributed by atoms with Gasteiger partial charge in [-0.3, -0.25) is 0 Å². The monoisotopic (exact) mass is 289 g/mol. The minimum absolute atomic E-state index is 0.0419. The summed E-state index contributed by atoms with van der Waals surface area (Å²) in [6.07, 6.45) is 0.198. The first-order valence-electron chi connectivity index (χ1n) is 6.47. The molecule has 1 aromatic carbocycles. The Morgan fingerprint density at radius 3 is 2.55 bits per heavy atom. The lowest BCUT2D eigenvalue weighted by Crippen LogP contribution is -2.21. The van der Waals surface area contributed by atoms with E-state index in [0.717, 1.165) is 5.56 Å². The number of halogens is 2. The quantitative estimate of drug-likeness (QED) is 0.710. The molecular formula is C14H21F2NO3. The molecule has 6 heteroatoms. The van der Waals surface area contributed by atoms with Crippen molar-refractivity contribution in [2.75, 3.05) is 20.3 Å². The summed E-state index contributed by atoms with van der Waals surface area (Å²) in [6, 6.07) is 4.95. The average molecular weight is 289 g/mol. The summed E-state index contributed by atoms with van der Waals surface area (Å²) in [7, 11) is 1.41. The molecule has 20 heavy (non-hydrogen) atoms. The summed E-state index contributed by atoms with van der Waals surface area (Å²) in [5.41, 5.74) is 0.839. The maximum absolute atomic E-state index is 12.3. The molecule has 1 aromatic rings. The van der Waals surface area contributed by atoms with Gasteiger partial charge < -0.3 is 19.5 Å². The fourth-order valence-corrected chi connectivity index (χ4v) is 1.62. The second-order valence-corrected chi connectivity index (χ2v) is 4.46. The number of hydrogen-bond acceptors (Lipinski definition) is 4. The number of methoxy groups -OCH3 is 1. The van der Waals surface area contributed by atoms with Gasteiger partial charge in [0.15, 0.2) is 11.5 Å². The number of rotatable bonds is 9. The number of benzene rings is 1. The lowest BCUT2D eigenvalue weighted by Gasteiger charge is -2.12. The van der Waals surface area contributed by atoms with Gasteiger partial charge in [0.05, 0.1) is 19.8 Å². The Hall–Kier alpha value is -1.40. The third-order valence-corrected chi connectivity index (χ3v) is 2.50. The van der Waals surface area contributed by atoms with Gasteiger partial charge in [0, 0.05) is 13.1 Å². The molecule has 0 bridgehead atoms. The highest BCUT2D eigenvalue weighted by Crippen LogP contribution is 2.29. The molecule has 0 saturated carbocycles. The van der Waals surface area contributed by atoms with E-state index < -0.39 is 6.61 Å². The first-order valence-corrected chi connectivity index (χ1v) is 6.47. The Morgan fingerprint density at radius 1 is 1.20 bits per heavy atom. The van der Waals surface area contributed by atoms with Crippen LogP contribution in [0.4, 0.5) is 8.78 Å². The average Bonchev–Trinajstić information content (AvgIpc) is 2.37. The van der Waals surface area contributed by atoms with Gasteiger partial charge in [-0.2, -0.15) is 8.78 Å². The van der Waals surface area contributed by atoms with E-state index in [1.165, 1.54) is 7.11 Å². The highest BCUT2D eigenvalue weighted by atomic mass is 19.3. The minimum Gasteiger partial charge on any atom is -0.493 e. The predicted octanol–water partition coefficient (Wildman–Crippen LogP) is 2.81. The Labute approximate surface area is 118 Å². The molecule has 0 amide bonds. The molecule has 1 N–H and O–H groups in total. The lowest BCUT2D eigenvalue weighted by molar-refractivity contribution is -0.0512. The molecular weight excluding hydrogens is 268 g/mol. The van der Waals surface area contributed by atoms with Crippen molar-refractivity contribution in [2.24, 2.45) is 0 Å². The maximum Gasteiger partial charge on any atom is 0.387 e. The van der Waals surface area contributed by atoms with Crippen LogP contribution in [0, 0.1) is 0 Å². The van der Waals surface area contributed by atoms with Crippen molar-refractivity contribution in [1.82, 2.24) is 5.32 Å². The van der Waals surface area contributed by atoms with Crippen LogP contribution in [0.1, 0.15) is 19.4 Å². The molecule has 0 aliphatic carbocycles. The number of alkyl halides is 2. The molecule has 0 radical (unpaired) electrons. The van der Waals surface area contributed by atoms with E-state index in [-0.39, 0.29) is 17.6 Å². The van der Waals surface area contributed by atoms with Crippen LogP contribution >= 0.6 is 0 Å². The highest BCUT2D eigenvalue weighted by Gasteiger charge is 2.11. The zero-order valence-corrected chi connectivity index (χ0v) is 12.0. The van der Waals surface area contributed by atoms with Crippen molar-refractivity contribution in [3.63, 3.8) is 0 Å². The molecule has 0 aromatic heterocycles. The molecule has 0 fully saturated rings. The summed E-state index contributed by atoms with van der Waals surface area (Å²) < 4.78 is 39.4. The Kier molecular flexibility index (Phi) is 7.25. The van der Waals surface area contributed by atoms with Crippen molar-refractivity contribution in [3.05, 3.63) is 23.8 Å². The molecule has 114 valence electrons. The molecule has 1 rings (SSSR count). The normalized spacial score (nSPS) is 11.2. The van der Waals surface area contributed by atoms with E-state index in [1.54, 1.807) is 18.2 Å². The van der Waals surface area contributed by atoms with Crippen molar-refractivity contribution in [2.45, 2.75) is 33.1 Å². The van der Waals surface area contributed by atoms with E-state index in [4.69, 9.17) is 9.47 Å². The summed E-state index contributed by atoms with van der Waals surface area (Å²) >= 11 is 0. The molecule has 0 aliphatic rings. The first-order chi connectivity index (χ1) is 9.52. The van der Waals surface area contributed by atoms with Crippen molar-refractivity contribution < 1.29 is 23.0 Å². The first kappa shape index (κ1) is 16.7. The zero-order valence-electron chi connectivity index (χ0n) is 12.0. The van der Waals surface area contributed by atoms with Gasteiger partial charge in [-0.15, -0.1) is 0 Å². The second kappa shape index (κ2) is 8.71. The number of ether oxygens (including phenoxy) is 3. The van der Waals surface area contributed by atoms with Crippen molar-refractivity contribution in [1.29, 1.82) is 0 Å². The number of hydrogen-bond donors (Lipinski definition) is 1. The van der Waals surface area contributed by atoms with Gasteiger partial charge >= 0.3 is 6.61 Å². The predicted molar refractivity (Wildman–Crippen MR) is 72.4 cm³/mol. The van der Waals surface area contributed by atoms with E-state index in [1.807, 2.05) is 13.8 Å². The Balaban J connectivity index is 2.49. The van der Waals surface area contributed by atoms with Gasteiger partial charge in [-0.25, -0.2) is 0 Å². The smallest absolute Gasteiger partial charge is 0.387 e. The molecule has 0 unspecified atom stereocenters. The maximum atomic E-state index is 12.3. The molecule has 0 atom stereocenters. The molecule has 4 nitrogen and oxygen atoms in total. The minimum atomic E-state index is -2.87. The van der Waals surface area contributed by atoms with Crippen LogP contribution in [-0.4, -0.2) is 33.0 Å².